The normalized spacial score (nSPS) is 16.3. The molecule has 0 spiro atoms. The molecule has 1 saturated heterocycles. The SMILES string of the molecule is Clc1ccc(Cl)c(CN2CCN(c3nc4cc(Br)ccc4nc3NC3CC3)CC2)c1.O=C(O)C(F)(F)F. The number of carbonyl (C=O) groups is 1. The highest BCUT2D eigenvalue weighted by atomic mass is 79.9. The van der Waals surface area contributed by atoms with Gasteiger partial charge in [-0.2, -0.15) is 13.2 Å². The third-order valence-corrected chi connectivity index (χ3v) is 6.94. The molecule has 5 rings (SSSR count). The number of hydrogen-bond donors (Lipinski definition) is 2. The van der Waals surface area contributed by atoms with Gasteiger partial charge in [-0.25, -0.2) is 14.8 Å². The second kappa shape index (κ2) is 11.6. The van der Waals surface area contributed by atoms with Crippen LogP contribution in [0.5, 0.6) is 0 Å². The van der Waals surface area contributed by atoms with Gasteiger partial charge < -0.3 is 15.3 Å². The molecule has 2 heterocycles. The molecule has 1 saturated carbocycles. The minimum Gasteiger partial charge on any atom is -0.475 e. The molecule has 2 fully saturated rings. The minimum absolute atomic E-state index is 0.525. The summed E-state index contributed by atoms with van der Waals surface area (Å²) in [5.41, 5.74) is 2.90. The van der Waals surface area contributed by atoms with E-state index in [4.69, 9.17) is 43.1 Å². The van der Waals surface area contributed by atoms with Gasteiger partial charge in [0, 0.05) is 53.3 Å². The third kappa shape index (κ3) is 7.59. The number of aromatic nitrogens is 2. The number of nitrogens with one attached hydrogen (secondary N) is 1. The van der Waals surface area contributed by atoms with Crippen molar-refractivity contribution in [1.82, 2.24) is 14.9 Å². The van der Waals surface area contributed by atoms with Crippen LogP contribution in [-0.2, 0) is 11.3 Å². The summed E-state index contributed by atoms with van der Waals surface area (Å²) in [7, 11) is 0. The molecule has 2 aromatic carbocycles. The Bertz CT molecular complexity index is 1290. The topological polar surface area (TPSA) is 81.6 Å². The first-order chi connectivity index (χ1) is 17.5. The first-order valence-corrected chi connectivity index (χ1v) is 13.0. The maximum Gasteiger partial charge on any atom is 0.490 e. The molecule has 37 heavy (non-hydrogen) atoms. The number of nitrogens with zero attached hydrogens (tertiary/aromatic N) is 4. The van der Waals surface area contributed by atoms with E-state index in [0.29, 0.717) is 6.04 Å². The van der Waals surface area contributed by atoms with Gasteiger partial charge in [-0.1, -0.05) is 39.1 Å². The van der Waals surface area contributed by atoms with Crippen molar-refractivity contribution in [1.29, 1.82) is 0 Å². The Morgan fingerprint density at radius 2 is 1.73 bits per heavy atom. The highest BCUT2D eigenvalue weighted by Crippen LogP contribution is 2.32. The van der Waals surface area contributed by atoms with E-state index in [2.05, 4.69) is 31.0 Å². The van der Waals surface area contributed by atoms with Crippen molar-refractivity contribution in [3.05, 3.63) is 56.5 Å². The number of alkyl halides is 3. The maximum atomic E-state index is 10.6. The summed E-state index contributed by atoms with van der Waals surface area (Å²) in [4.78, 5) is 23.5. The Morgan fingerprint density at radius 1 is 1.05 bits per heavy atom. The smallest absolute Gasteiger partial charge is 0.475 e. The van der Waals surface area contributed by atoms with Gasteiger partial charge in [0.1, 0.15) is 0 Å². The average molecular weight is 621 g/mol. The van der Waals surface area contributed by atoms with Crippen LogP contribution >= 0.6 is 39.1 Å². The van der Waals surface area contributed by atoms with Gasteiger partial charge in [0.2, 0.25) is 0 Å². The maximum absolute atomic E-state index is 10.6. The van der Waals surface area contributed by atoms with Crippen molar-refractivity contribution in [3.8, 4) is 0 Å². The number of carboxylic acid groups (broad SMARTS) is 1. The summed E-state index contributed by atoms with van der Waals surface area (Å²) in [6.45, 7) is 4.46. The number of anilines is 2. The number of piperazine rings is 1. The summed E-state index contributed by atoms with van der Waals surface area (Å²) < 4.78 is 32.8. The van der Waals surface area contributed by atoms with E-state index in [9.17, 15) is 13.2 Å². The van der Waals surface area contributed by atoms with Crippen molar-refractivity contribution >= 4 is 67.8 Å². The minimum atomic E-state index is -5.08. The Labute approximate surface area is 229 Å². The summed E-state index contributed by atoms with van der Waals surface area (Å²) in [5.74, 6) is -0.904. The Balaban J connectivity index is 0.000000405. The first kappa shape index (κ1) is 27.7. The number of carboxylic acids is 1. The number of benzene rings is 2. The fraction of sp³-hybridized carbons (Fsp3) is 0.375. The quantitative estimate of drug-likeness (QED) is 0.350. The highest BCUT2D eigenvalue weighted by molar-refractivity contribution is 9.10. The van der Waals surface area contributed by atoms with Crippen molar-refractivity contribution in [3.63, 3.8) is 0 Å². The zero-order valence-corrected chi connectivity index (χ0v) is 22.5. The van der Waals surface area contributed by atoms with E-state index in [1.807, 2.05) is 36.4 Å². The molecule has 13 heteroatoms. The van der Waals surface area contributed by atoms with Crippen LogP contribution in [-0.4, -0.2) is 64.3 Å². The first-order valence-electron chi connectivity index (χ1n) is 11.4. The second-order valence-electron chi connectivity index (χ2n) is 8.75. The predicted octanol–water partition coefficient (Wildman–Crippen LogP) is 6.23. The average Bonchev–Trinajstić information content (AvgIpc) is 3.66. The molecule has 1 aliphatic carbocycles. The van der Waals surface area contributed by atoms with Gasteiger partial charge in [0.05, 0.1) is 11.0 Å². The molecule has 1 aromatic heterocycles. The molecule has 0 bridgehead atoms. The number of rotatable bonds is 5. The Morgan fingerprint density at radius 3 is 2.35 bits per heavy atom. The lowest BCUT2D eigenvalue weighted by Crippen LogP contribution is -2.46. The Hall–Kier alpha value is -2.34. The van der Waals surface area contributed by atoms with E-state index in [0.717, 1.165) is 75.5 Å². The van der Waals surface area contributed by atoms with Crippen LogP contribution in [0.2, 0.25) is 10.0 Å². The second-order valence-corrected chi connectivity index (χ2v) is 10.5. The molecular weight excluding hydrogens is 598 g/mol. The van der Waals surface area contributed by atoms with E-state index in [-0.39, 0.29) is 0 Å². The van der Waals surface area contributed by atoms with Crippen LogP contribution in [0.25, 0.3) is 11.0 Å². The fourth-order valence-corrected chi connectivity index (χ4v) is 4.50. The van der Waals surface area contributed by atoms with Crippen molar-refractivity contribution in [2.75, 3.05) is 36.4 Å². The number of hydrogen-bond acceptors (Lipinski definition) is 6. The highest BCUT2D eigenvalue weighted by Gasteiger charge is 2.38. The van der Waals surface area contributed by atoms with Gasteiger partial charge in [-0.15, -0.1) is 0 Å². The molecule has 3 aromatic rings. The lowest BCUT2D eigenvalue weighted by atomic mass is 10.2. The molecule has 7 nitrogen and oxygen atoms in total. The summed E-state index contributed by atoms with van der Waals surface area (Å²) in [5, 5.41) is 12.2. The summed E-state index contributed by atoms with van der Waals surface area (Å²) in [6, 6.07) is 12.2. The molecule has 0 radical (unpaired) electrons. The third-order valence-electron chi connectivity index (χ3n) is 5.84. The molecule has 2 aliphatic rings. The van der Waals surface area contributed by atoms with Gasteiger partial charge in [-0.3, -0.25) is 4.90 Å². The zero-order valence-electron chi connectivity index (χ0n) is 19.4. The van der Waals surface area contributed by atoms with Crippen LogP contribution in [0.15, 0.2) is 40.9 Å². The number of aliphatic carboxylic acids is 1. The van der Waals surface area contributed by atoms with Gasteiger partial charge in [0.25, 0.3) is 0 Å². The van der Waals surface area contributed by atoms with Crippen LogP contribution in [0, 0.1) is 0 Å². The molecule has 1 aliphatic heterocycles. The fourth-order valence-electron chi connectivity index (χ4n) is 3.78. The van der Waals surface area contributed by atoms with Crippen LogP contribution < -0.4 is 10.2 Å². The van der Waals surface area contributed by atoms with E-state index >= 15 is 0 Å². The number of fused-ring (bicyclic) bond motifs is 1. The van der Waals surface area contributed by atoms with E-state index in [1.165, 1.54) is 12.8 Å². The van der Waals surface area contributed by atoms with Crippen molar-refractivity contribution < 1.29 is 23.1 Å². The standard InChI is InChI=1S/C22H22BrCl2N5.C2HF3O2/c23-15-1-6-19-20(12-15)28-22(21(27-19)26-17-3-4-17)30-9-7-29(8-10-30)13-14-11-16(24)2-5-18(14)25;3-2(4,5)1(6)7/h1-2,5-6,11-12,17H,3-4,7-10,13H2,(H,26,27);(H,6,7). The van der Waals surface area contributed by atoms with E-state index < -0.39 is 12.1 Å². The molecule has 0 atom stereocenters. The lowest BCUT2D eigenvalue weighted by molar-refractivity contribution is -0.192. The van der Waals surface area contributed by atoms with Gasteiger partial charge in [0.15, 0.2) is 11.6 Å². The molecular formula is C24H23BrCl2F3N5O2. The molecule has 198 valence electrons. The van der Waals surface area contributed by atoms with Crippen LogP contribution in [0.3, 0.4) is 0 Å². The van der Waals surface area contributed by atoms with Crippen LogP contribution in [0.4, 0.5) is 24.8 Å². The largest absolute Gasteiger partial charge is 0.490 e. The summed E-state index contributed by atoms with van der Waals surface area (Å²) in [6.07, 6.45) is -2.68. The van der Waals surface area contributed by atoms with Crippen LogP contribution in [0.1, 0.15) is 18.4 Å². The molecule has 0 unspecified atom stereocenters. The Kier molecular flexibility index (Phi) is 8.67. The van der Waals surface area contributed by atoms with Crippen molar-refractivity contribution in [2.45, 2.75) is 31.6 Å². The summed E-state index contributed by atoms with van der Waals surface area (Å²) >= 11 is 16.1. The monoisotopic (exact) mass is 619 g/mol. The van der Waals surface area contributed by atoms with Crippen molar-refractivity contribution in [2.24, 2.45) is 0 Å². The van der Waals surface area contributed by atoms with Gasteiger partial charge in [-0.05, 0) is 54.8 Å². The van der Waals surface area contributed by atoms with Gasteiger partial charge >= 0.3 is 12.1 Å². The molecule has 2 N–H and O–H groups in total. The number of halogens is 6. The molecule has 0 amide bonds. The zero-order chi connectivity index (χ0) is 26.7. The predicted molar refractivity (Wildman–Crippen MR) is 142 cm³/mol. The van der Waals surface area contributed by atoms with E-state index in [1.54, 1.807) is 0 Å². The lowest BCUT2D eigenvalue weighted by Gasteiger charge is -2.36.